The molecule has 0 fully saturated rings. The summed E-state index contributed by atoms with van der Waals surface area (Å²) < 4.78 is 2.46. The number of fused-ring (bicyclic) bond motifs is 2. The summed E-state index contributed by atoms with van der Waals surface area (Å²) in [5.41, 5.74) is 1.45. The van der Waals surface area contributed by atoms with Gasteiger partial charge in [-0.1, -0.05) is 117 Å². The van der Waals surface area contributed by atoms with Gasteiger partial charge in [0, 0.05) is 19.7 Å². The predicted octanol–water partition coefficient (Wildman–Crippen LogP) is 11.3. The summed E-state index contributed by atoms with van der Waals surface area (Å²) in [6.45, 7) is 2.29. The Morgan fingerprint density at radius 2 is 1.18 bits per heavy atom. The second-order valence-electron chi connectivity index (χ2n) is 9.53. The van der Waals surface area contributed by atoms with E-state index in [0.717, 1.165) is 6.42 Å². The normalized spacial score (nSPS) is 12.1. The molecule has 0 heterocycles. The third-order valence-electron chi connectivity index (χ3n) is 7.26. The first-order valence-electron chi connectivity index (χ1n) is 12.7. The molecule has 170 valence electrons. The number of hydrogen-bond donors (Lipinski definition) is 0. The van der Waals surface area contributed by atoms with Crippen LogP contribution in [0.3, 0.4) is 0 Å². The number of rotatable bonds is 10. The smallest absolute Gasteiger partial charge is 0.0293 e. The van der Waals surface area contributed by atoms with E-state index in [0.29, 0.717) is 0 Å². The predicted molar refractivity (Wildman–Crippen MR) is 154 cm³/mol. The molecule has 2 heteroatoms. The first-order valence-corrected chi connectivity index (χ1v) is 14.3. The molecule has 0 aliphatic heterocycles. The summed E-state index contributed by atoms with van der Waals surface area (Å²) in [5.74, 6) is 0. The zero-order chi connectivity index (χ0) is 22.8. The molecule has 5 aromatic rings. The molecule has 0 aromatic heterocycles. The highest BCUT2D eigenvalue weighted by Gasteiger charge is 2.18. The van der Waals surface area contributed by atoms with Crippen molar-refractivity contribution in [1.29, 1.82) is 0 Å². The molecule has 0 bridgehead atoms. The molecular formula is C31H32Br2. The summed E-state index contributed by atoms with van der Waals surface area (Å²) in [7, 11) is 0. The Balaban J connectivity index is 1.48. The maximum absolute atomic E-state index is 4.08. The summed E-state index contributed by atoms with van der Waals surface area (Å²) in [4.78, 5) is 0. The largest absolute Gasteiger partial charge is 0.0654 e. The van der Waals surface area contributed by atoms with Crippen molar-refractivity contribution in [3.63, 3.8) is 0 Å². The molecule has 5 rings (SSSR count). The number of unbranched alkanes of at least 4 members (excludes halogenated alkanes) is 8. The minimum atomic E-state index is 1.14. The van der Waals surface area contributed by atoms with Crippen LogP contribution >= 0.6 is 31.9 Å². The van der Waals surface area contributed by atoms with E-state index in [1.807, 2.05) is 0 Å². The number of hydrogen-bond acceptors (Lipinski definition) is 0. The first-order chi connectivity index (χ1) is 16.2. The molecule has 0 N–H and O–H groups in total. The van der Waals surface area contributed by atoms with Gasteiger partial charge in [-0.15, -0.1) is 0 Å². The fourth-order valence-corrected chi connectivity index (χ4v) is 6.82. The molecule has 0 aliphatic rings. The van der Waals surface area contributed by atoms with E-state index in [-0.39, 0.29) is 0 Å². The highest BCUT2D eigenvalue weighted by Crippen LogP contribution is 2.46. The van der Waals surface area contributed by atoms with Crippen LogP contribution in [-0.2, 0) is 6.42 Å². The van der Waals surface area contributed by atoms with E-state index in [4.69, 9.17) is 0 Å². The van der Waals surface area contributed by atoms with Crippen LogP contribution in [-0.4, -0.2) is 0 Å². The molecule has 0 saturated carbocycles. The zero-order valence-electron chi connectivity index (χ0n) is 19.5. The molecular weight excluding hydrogens is 532 g/mol. The SMILES string of the molecule is CCCCCCCCCCCc1cc2cccc3c4cccc5ccc(Br)c(c(c1Br)c23)c54. The quantitative estimate of drug-likeness (QED) is 0.0899. The van der Waals surface area contributed by atoms with Crippen molar-refractivity contribution in [3.8, 4) is 0 Å². The van der Waals surface area contributed by atoms with E-state index in [9.17, 15) is 0 Å². The molecule has 0 unspecified atom stereocenters. The van der Waals surface area contributed by atoms with E-state index >= 15 is 0 Å². The van der Waals surface area contributed by atoms with Crippen molar-refractivity contribution in [2.24, 2.45) is 0 Å². The Kier molecular flexibility index (Phi) is 7.23. The summed E-state index contributed by atoms with van der Waals surface area (Å²) in [6, 6.07) is 20.4. The molecule has 0 spiro atoms. The molecule has 0 radical (unpaired) electrons. The lowest BCUT2D eigenvalue weighted by molar-refractivity contribution is 0.565. The molecule has 5 aromatic carbocycles. The lowest BCUT2D eigenvalue weighted by atomic mass is 9.88. The minimum absolute atomic E-state index is 1.14. The lowest BCUT2D eigenvalue weighted by Crippen LogP contribution is -1.94. The third-order valence-corrected chi connectivity index (χ3v) is 8.83. The molecule has 0 atom stereocenters. The topological polar surface area (TPSA) is 0 Å². The van der Waals surface area contributed by atoms with Crippen molar-refractivity contribution >= 4 is 74.9 Å². The standard InChI is InChI=1S/C31H32Br2/c1-2-3-4-5-6-7-8-9-10-13-23-20-22-15-12-17-25-24-16-11-14-21-18-19-26(32)29(27(21)24)30(28(22)25)31(23)33/h11-12,14-20H,2-10,13H2,1H3. The average Bonchev–Trinajstić information content (AvgIpc) is 2.83. The fourth-order valence-electron chi connectivity index (χ4n) is 5.58. The second-order valence-corrected chi connectivity index (χ2v) is 11.2. The molecule has 0 nitrogen and oxygen atoms in total. The van der Waals surface area contributed by atoms with Gasteiger partial charge >= 0.3 is 0 Å². The van der Waals surface area contributed by atoms with Crippen LogP contribution in [0.1, 0.15) is 70.3 Å². The average molecular weight is 564 g/mol. The van der Waals surface area contributed by atoms with Gasteiger partial charge in [-0.05, 0) is 78.8 Å². The van der Waals surface area contributed by atoms with Gasteiger partial charge < -0.3 is 0 Å². The Bertz CT molecular complexity index is 1400. The van der Waals surface area contributed by atoms with Gasteiger partial charge in [0.05, 0.1) is 0 Å². The van der Waals surface area contributed by atoms with Gasteiger partial charge in [-0.25, -0.2) is 0 Å². The molecule has 0 saturated heterocycles. The van der Waals surface area contributed by atoms with Crippen molar-refractivity contribution < 1.29 is 0 Å². The van der Waals surface area contributed by atoms with Crippen LogP contribution in [0.4, 0.5) is 0 Å². The summed E-state index contributed by atoms with van der Waals surface area (Å²) in [5, 5.41) is 10.8. The van der Waals surface area contributed by atoms with Gasteiger partial charge in [-0.3, -0.25) is 0 Å². The maximum Gasteiger partial charge on any atom is 0.0293 e. The first kappa shape index (κ1) is 23.1. The van der Waals surface area contributed by atoms with Crippen LogP contribution in [0, 0.1) is 0 Å². The van der Waals surface area contributed by atoms with Crippen molar-refractivity contribution in [2.45, 2.75) is 71.1 Å². The van der Waals surface area contributed by atoms with E-state index in [1.54, 1.807) is 0 Å². The third kappa shape index (κ3) is 4.42. The van der Waals surface area contributed by atoms with Crippen molar-refractivity contribution in [3.05, 3.63) is 69.1 Å². The van der Waals surface area contributed by atoms with Crippen LogP contribution in [0.15, 0.2) is 63.5 Å². The van der Waals surface area contributed by atoms with Crippen LogP contribution in [0.2, 0.25) is 0 Å². The highest BCUT2D eigenvalue weighted by molar-refractivity contribution is 9.11. The Morgan fingerprint density at radius 3 is 1.88 bits per heavy atom. The Labute approximate surface area is 214 Å². The van der Waals surface area contributed by atoms with E-state index in [2.05, 4.69) is 93.4 Å². The van der Waals surface area contributed by atoms with Crippen molar-refractivity contribution in [1.82, 2.24) is 0 Å². The molecule has 0 amide bonds. The van der Waals surface area contributed by atoms with Crippen LogP contribution < -0.4 is 0 Å². The maximum atomic E-state index is 4.08. The monoisotopic (exact) mass is 562 g/mol. The summed E-state index contributed by atoms with van der Waals surface area (Å²) >= 11 is 7.98. The van der Waals surface area contributed by atoms with Gasteiger partial charge in [0.1, 0.15) is 0 Å². The molecule has 0 aliphatic carbocycles. The number of aryl methyl sites for hydroxylation is 1. The van der Waals surface area contributed by atoms with Crippen LogP contribution in [0.5, 0.6) is 0 Å². The number of halogens is 2. The van der Waals surface area contributed by atoms with Crippen LogP contribution in [0.25, 0.3) is 43.1 Å². The molecule has 33 heavy (non-hydrogen) atoms. The Hall–Kier alpha value is -1.64. The minimum Gasteiger partial charge on any atom is -0.0654 e. The van der Waals surface area contributed by atoms with E-state index < -0.39 is 0 Å². The fraction of sp³-hybridized carbons (Fsp3) is 0.355. The van der Waals surface area contributed by atoms with Gasteiger partial charge in [0.25, 0.3) is 0 Å². The van der Waals surface area contributed by atoms with Gasteiger partial charge in [-0.2, -0.15) is 0 Å². The lowest BCUT2D eigenvalue weighted by Gasteiger charge is -2.18. The van der Waals surface area contributed by atoms with E-state index in [1.165, 1.54) is 115 Å². The second kappa shape index (κ2) is 10.3. The zero-order valence-corrected chi connectivity index (χ0v) is 22.7. The van der Waals surface area contributed by atoms with Crippen molar-refractivity contribution in [2.75, 3.05) is 0 Å². The Morgan fingerprint density at radius 1 is 0.576 bits per heavy atom. The summed E-state index contributed by atoms with van der Waals surface area (Å²) in [6.07, 6.45) is 13.5. The number of benzene rings is 5. The van der Waals surface area contributed by atoms with Gasteiger partial charge in [0.15, 0.2) is 0 Å². The highest BCUT2D eigenvalue weighted by atomic mass is 79.9. The van der Waals surface area contributed by atoms with Gasteiger partial charge in [0.2, 0.25) is 0 Å².